The number of hydrogen-bond donors (Lipinski definition) is 3. The van der Waals surface area contributed by atoms with Gasteiger partial charge < -0.3 is 25.2 Å². The first kappa shape index (κ1) is 56.7. The van der Waals surface area contributed by atoms with Gasteiger partial charge in [-0.3, -0.25) is 18.6 Å². The van der Waals surface area contributed by atoms with Crippen LogP contribution >= 0.6 is 7.82 Å². The molecule has 0 spiro atoms. The van der Waals surface area contributed by atoms with Crippen LogP contribution in [0.3, 0.4) is 0 Å². The number of aliphatic carboxylic acids is 1. The average molecular weight is 852 g/mol. The van der Waals surface area contributed by atoms with Crippen LogP contribution in [0.1, 0.15) is 194 Å². The van der Waals surface area contributed by atoms with Crippen molar-refractivity contribution in [3.8, 4) is 0 Å². The lowest BCUT2D eigenvalue weighted by atomic mass is 10.1. The third-order valence-corrected chi connectivity index (χ3v) is 10.7. The molecule has 0 fully saturated rings. The number of unbranched alkanes of at least 4 members (excludes halogenated alkanes) is 20. The number of allylic oxidation sites excluding steroid dienone is 10. The molecule has 0 aromatic carbocycles. The van der Waals surface area contributed by atoms with Crippen molar-refractivity contribution < 1.29 is 42.7 Å². The molecule has 59 heavy (non-hydrogen) atoms. The van der Waals surface area contributed by atoms with Gasteiger partial charge in [-0.25, -0.2) is 4.57 Å². The minimum absolute atomic E-state index is 0.00710. The van der Waals surface area contributed by atoms with E-state index in [1.54, 1.807) is 0 Å². The van der Waals surface area contributed by atoms with Gasteiger partial charge in [-0.2, -0.15) is 0 Å². The summed E-state index contributed by atoms with van der Waals surface area (Å²) in [5, 5.41) is 8.91. The Bertz CT molecular complexity index is 1170. The topological polar surface area (TPSA) is 155 Å². The molecule has 0 aromatic rings. The predicted octanol–water partition coefficient (Wildman–Crippen LogP) is 13.2. The molecule has 3 atom stereocenters. The normalized spacial score (nSPS) is 14.4. The van der Waals surface area contributed by atoms with E-state index >= 15 is 0 Å². The van der Waals surface area contributed by atoms with E-state index in [0.29, 0.717) is 13.0 Å². The van der Waals surface area contributed by atoms with Gasteiger partial charge in [0.25, 0.3) is 0 Å². The van der Waals surface area contributed by atoms with Gasteiger partial charge in [-0.1, -0.05) is 171 Å². The second-order valence-corrected chi connectivity index (χ2v) is 17.0. The van der Waals surface area contributed by atoms with Gasteiger partial charge in [0.1, 0.15) is 12.1 Å². The molecule has 0 aliphatic carbocycles. The number of carboxylic acids is 1. The van der Waals surface area contributed by atoms with Crippen molar-refractivity contribution in [3.63, 3.8) is 0 Å². The average Bonchev–Trinajstić information content (AvgIpc) is 3.21. The van der Waals surface area contributed by atoms with E-state index in [2.05, 4.69) is 74.6 Å². The van der Waals surface area contributed by atoms with Crippen LogP contribution in [0.5, 0.6) is 0 Å². The Morgan fingerprint density at radius 1 is 0.559 bits per heavy atom. The zero-order chi connectivity index (χ0) is 43.3. The molecule has 0 aliphatic rings. The molecule has 0 amide bonds. The van der Waals surface area contributed by atoms with Crippen molar-refractivity contribution in [1.82, 2.24) is 0 Å². The van der Waals surface area contributed by atoms with Gasteiger partial charge in [0.2, 0.25) is 0 Å². The summed E-state index contributed by atoms with van der Waals surface area (Å²) < 4.78 is 33.4. The van der Waals surface area contributed by atoms with E-state index in [0.717, 1.165) is 70.6 Å². The molecule has 4 N–H and O–H groups in total. The number of phosphoric ester groups is 1. The Morgan fingerprint density at radius 3 is 1.49 bits per heavy atom. The zero-order valence-corrected chi connectivity index (χ0v) is 38.2. The van der Waals surface area contributed by atoms with Gasteiger partial charge >= 0.3 is 19.8 Å². The van der Waals surface area contributed by atoms with Crippen LogP contribution in [0.15, 0.2) is 60.8 Å². The van der Waals surface area contributed by atoms with Crippen molar-refractivity contribution in [3.05, 3.63) is 60.8 Å². The summed E-state index contributed by atoms with van der Waals surface area (Å²) in [6.45, 7) is 3.69. The fraction of sp³-hybridized carbons (Fsp3) is 0.750. The zero-order valence-electron chi connectivity index (χ0n) is 37.3. The van der Waals surface area contributed by atoms with Crippen LogP contribution in [0.25, 0.3) is 0 Å². The van der Waals surface area contributed by atoms with E-state index in [4.69, 9.17) is 29.4 Å². The number of carbonyl (C=O) groups excluding carboxylic acids is 1. The maximum atomic E-state index is 12.7. The lowest BCUT2D eigenvalue weighted by Gasteiger charge is -2.20. The van der Waals surface area contributed by atoms with E-state index in [1.807, 2.05) is 0 Å². The Kier molecular flexibility index (Phi) is 42.0. The number of ether oxygens (including phenoxy) is 2. The SMILES string of the molecule is CC/C=C\C/C=C\C/C=C\C/C=C\CCCCCOCC(COP(=O)(O)OCC(N)C(=O)O)OC(=O)CCCCCCCCCCC/C=C\CCCCCCCCCC. The molecule has 0 aliphatic heterocycles. The van der Waals surface area contributed by atoms with Crippen molar-refractivity contribution in [2.45, 2.75) is 206 Å². The molecule has 0 saturated heterocycles. The third-order valence-electron chi connectivity index (χ3n) is 9.78. The second-order valence-electron chi connectivity index (χ2n) is 15.5. The fourth-order valence-electron chi connectivity index (χ4n) is 6.18. The highest BCUT2D eigenvalue weighted by Gasteiger charge is 2.27. The molecule has 0 aromatic heterocycles. The number of phosphoric acid groups is 1. The minimum atomic E-state index is -4.63. The van der Waals surface area contributed by atoms with Crippen LogP contribution in [0.4, 0.5) is 0 Å². The van der Waals surface area contributed by atoms with Crippen molar-refractivity contribution in [2.24, 2.45) is 5.73 Å². The summed E-state index contributed by atoms with van der Waals surface area (Å²) in [7, 11) is -4.63. The number of esters is 1. The monoisotopic (exact) mass is 852 g/mol. The number of nitrogens with two attached hydrogens (primary N) is 1. The number of hydrogen-bond acceptors (Lipinski definition) is 8. The first-order valence-electron chi connectivity index (χ1n) is 23.3. The number of carboxylic acid groups (broad SMARTS) is 1. The van der Waals surface area contributed by atoms with Crippen LogP contribution in [-0.2, 0) is 32.7 Å². The summed E-state index contributed by atoms with van der Waals surface area (Å²) in [5.74, 6) is -1.80. The number of carbonyl (C=O) groups is 2. The lowest BCUT2D eigenvalue weighted by molar-refractivity contribution is -0.154. The standard InChI is InChI=1S/C48H86NO9P/c1-3-5-7-9-11-13-15-17-19-21-22-23-24-25-26-28-30-32-34-36-38-40-47(50)58-45(43-56-59(53,54)57-44-46(49)48(51)52)42-55-41-39-37-35-33-31-29-27-20-18-16-14-12-10-8-6-4-2/h6,8,12,14,18,20-22,29,31,45-46H,3-5,7,9-11,13,15-17,19,23-28,30,32-44,49H2,1-2H3,(H,51,52)(H,53,54)/b8-6-,14-12-,20-18-,22-21-,31-29-. The highest BCUT2D eigenvalue weighted by molar-refractivity contribution is 7.47. The molecule has 342 valence electrons. The predicted molar refractivity (Wildman–Crippen MR) is 244 cm³/mol. The second kappa shape index (κ2) is 43.7. The smallest absolute Gasteiger partial charge is 0.472 e. The van der Waals surface area contributed by atoms with Gasteiger partial charge in [-0.05, 0) is 77.0 Å². The molecule has 10 nitrogen and oxygen atoms in total. The molecule has 0 rings (SSSR count). The molecular formula is C48H86NO9P. The largest absolute Gasteiger partial charge is 0.480 e. The first-order valence-corrected chi connectivity index (χ1v) is 24.8. The first-order chi connectivity index (χ1) is 28.7. The van der Waals surface area contributed by atoms with Crippen LogP contribution in [0, 0.1) is 0 Å². The molecule has 0 heterocycles. The van der Waals surface area contributed by atoms with E-state index in [-0.39, 0.29) is 13.0 Å². The highest BCUT2D eigenvalue weighted by Crippen LogP contribution is 2.43. The quantitative estimate of drug-likeness (QED) is 0.0233. The van der Waals surface area contributed by atoms with E-state index in [9.17, 15) is 19.0 Å². The lowest BCUT2D eigenvalue weighted by Crippen LogP contribution is -2.34. The fourth-order valence-corrected chi connectivity index (χ4v) is 6.96. The van der Waals surface area contributed by atoms with Gasteiger partial charge in [0, 0.05) is 13.0 Å². The van der Waals surface area contributed by atoms with Crippen LogP contribution in [-0.4, -0.2) is 60.5 Å². The molecule has 3 unspecified atom stereocenters. The molecule has 11 heteroatoms. The Morgan fingerprint density at radius 2 is 0.983 bits per heavy atom. The number of rotatable bonds is 44. The maximum Gasteiger partial charge on any atom is 0.472 e. The molecule has 0 radical (unpaired) electrons. The summed E-state index contributed by atoms with van der Waals surface area (Å²) in [4.78, 5) is 33.6. The Hall–Kier alpha value is -2.33. The molecule has 0 saturated carbocycles. The van der Waals surface area contributed by atoms with Crippen LogP contribution < -0.4 is 5.73 Å². The Labute approximate surface area is 360 Å². The van der Waals surface area contributed by atoms with Crippen LogP contribution in [0.2, 0.25) is 0 Å². The Balaban J connectivity index is 4.23. The van der Waals surface area contributed by atoms with Crippen molar-refractivity contribution >= 4 is 19.8 Å². The van der Waals surface area contributed by atoms with Gasteiger partial charge in [0.05, 0.1) is 19.8 Å². The third kappa shape index (κ3) is 43.6. The van der Waals surface area contributed by atoms with Gasteiger partial charge in [-0.15, -0.1) is 0 Å². The van der Waals surface area contributed by atoms with E-state index in [1.165, 1.54) is 96.3 Å². The minimum Gasteiger partial charge on any atom is -0.480 e. The maximum absolute atomic E-state index is 12.7. The van der Waals surface area contributed by atoms with Crippen molar-refractivity contribution in [1.29, 1.82) is 0 Å². The summed E-state index contributed by atoms with van der Waals surface area (Å²) in [6, 6.07) is -1.48. The summed E-state index contributed by atoms with van der Waals surface area (Å²) >= 11 is 0. The van der Waals surface area contributed by atoms with E-state index < -0.39 is 45.1 Å². The summed E-state index contributed by atoms with van der Waals surface area (Å²) in [6.07, 6.45) is 52.8. The van der Waals surface area contributed by atoms with Gasteiger partial charge in [0.15, 0.2) is 0 Å². The molecular weight excluding hydrogens is 765 g/mol. The molecule has 0 bridgehead atoms. The highest BCUT2D eigenvalue weighted by atomic mass is 31.2. The van der Waals surface area contributed by atoms with Crippen molar-refractivity contribution in [2.75, 3.05) is 26.4 Å². The summed E-state index contributed by atoms with van der Waals surface area (Å²) in [5.41, 5.74) is 5.36.